The van der Waals surface area contributed by atoms with Gasteiger partial charge in [-0.3, -0.25) is 0 Å². The summed E-state index contributed by atoms with van der Waals surface area (Å²) in [6.45, 7) is 13.9. The number of rotatable bonds is 10. The lowest BCUT2D eigenvalue weighted by atomic mass is 9.67. The van der Waals surface area contributed by atoms with Gasteiger partial charge in [0.2, 0.25) is 0 Å². The number of hydrogen-bond donors (Lipinski definition) is 1. The number of nitrogens with one attached hydrogen (secondary N) is 1. The lowest BCUT2D eigenvalue weighted by molar-refractivity contribution is -0.137. The number of hydrogen-bond acceptors (Lipinski definition) is 3. The van der Waals surface area contributed by atoms with Gasteiger partial charge in [-0.25, -0.2) is 0 Å². The summed E-state index contributed by atoms with van der Waals surface area (Å²) in [4.78, 5) is 2.40. The summed E-state index contributed by atoms with van der Waals surface area (Å²) in [5.41, 5.74) is -0.413. The van der Waals surface area contributed by atoms with E-state index < -0.39 is 11.7 Å². The van der Waals surface area contributed by atoms with E-state index in [4.69, 9.17) is 4.74 Å². The van der Waals surface area contributed by atoms with Crippen LogP contribution in [0.15, 0.2) is 24.3 Å². The summed E-state index contributed by atoms with van der Waals surface area (Å²) in [5, 5.41) is 3.51. The molecule has 29 heavy (non-hydrogen) atoms. The third-order valence-corrected chi connectivity index (χ3v) is 6.14. The molecule has 0 spiro atoms. The molecular weight excluding hydrogens is 377 g/mol. The Kier molecular flexibility index (Phi) is 8.56. The highest BCUT2D eigenvalue weighted by Crippen LogP contribution is 2.45. The second-order valence-electron chi connectivity index (χ2n) is 8.77. The van der Waals surface area contributed by atoms with Gasteiger partial charge in [0, 0.05) is 12.0 Å². The molecule has 1 heterocycles. The summed E-state index contributed by atoms with van der Waals surface area (Å²) in [5.74, 6) is 0. The van der Waals surface area contributed by atoms with Crippen LogP contribution in [0.3, 0.4) is 0 Å². The van der Waals surface area contributed by atoms with Gasteiger partial charge in [0.15, 0.2) is 0 Å². The van der Waals surface area contributed by atoms with Crippen molar-refractivity contribution in [1.82, 2.24) is 10.2 Å². The Hall–Kier alpha value is -1.11. The zero-order valence-electron chi connectivity index (χ0n) is 18.4. The molecule has 0 amide bonds. The maximum Gasteiger partial charge on any atom is 0.416 e. The Morgan fingerprint density at radius 1 is 1.14 bits per heavy atom. The lowest BCUT2D eigenvalue weighted by Crippen LogP contribution is -2.45. The Labute approximate surface area is 174 Å². The third kappa shape index (κ3) is 6.97. The maximum atomic E-state index is 13.3. The number of alkyl halides is 3. The molecule has 1 aliphatic rings. The molecule has 1 aromatic carbocycles. The van der Waals surface area contributed by atoms with E-state index >= 15 is 0 Å². The van der Waals surface area contributed by atoms with Crippen molar-refractivity contribution in [2.75, 3.05) is 39.3 Å². The van der Waals surface area contributed by atoms with E-state index in [1.807, 2.05) is 19.9 Å². The minimum absolute atomic E-state index is 0.297. The second-order valence-corrected chi connectivity index (χ2v) is 8.77. The van der Waals surface area contributed by atoms with E-state index in [0.29, 0.717) is 6.61 Å². The van der Waals surface area contributed by atoms with Crippen LogP contribution in [0, 0.1) is 0 Å². The predicted octanol–water partition coefficient (Wildman–Crippen LogP) is 5.24. The van der Waals surface area contributed by atoms with Gasteiger partial charge < -0.3 is 15.0 Å². The highest BCUT2D eigenvalue weighted by Gasteiger charge is 2.42. The molecule has 1 saturated heterocycles. The normalized spacial score (nSPS) is 22.2. The monoisotopic (exact) mass is 414 g/mol. The Bertz CT molecular complexity index is 629. The van der Waals surface area contributed by atoms with Crippen molar-refractivity contribution in [2.45, 2.75) is 70.6 Å². The molecule has 0 saturated carbocycles. The second kappa shape index (κ2) is 10.3. The van der Waals surface area contributed by atoms with Crippen molar-refractivity contribution in [3.8, 4) is 0 Å². The van der Waals surface area contributed by atoms with Crippen LogP contribution in [0.4, 0.5) is 13.2 Å². The van der Waals surface area contributed by atoms with E-state index in [1.54, 1.807) is 6.07 Å². The molecule has 1 N–H and O–H groups in total. The first-order chi connectivity index (χ1) is 13.6. The van der Waals surface area contributed by atoms with Crippen molar-refractivity contribution in [2.24, 2.45) is 0 Å². The molecule has 1 atom stereocenters. The summed E-state index contributed by atoms with van der Waals surface area (Å²) < 4.78 is 45.7. The molecule has 1 fully saturated rings. The zero-order valence-corrected chi connectivity index (χ0v) is 18.4. The highest BCUT2D eigenvalue weighted by molar-refractivity contribution is 5.33. The van der Waals surface area contributed by atoms with Crippen LogP contribution in [0.25, 0.3) is 0 Å². The zero-order chi connectivity index (χ0) is 21.5. The number of halogens is 3. The molecule has 6 heteroatoms. The first kappa shape index (κ1) is 24.2. The Balaban J connectivity index is 2.06. The molecule has 166 valence electrons. The van der Waals surface area contributed by atoms with Crippen LogP contribution < -0.4 is 5.32 Å². The molecule has 2 rings (SSSR count). The SMILES string of the molecule is CCN(CC)CCCNCCC1(c2cccc(C(F)(F)F)c2)CCOC(C)(C)C1. The molecule has 0 aromatic heterocycles. The van der Waals surface area contributed by atoms with Crippen LogP contribution in [-0.4, -0.2) is 49.8 Å². The van der Waals surface area contributed by atoms with E-state index in [2.05, 4.69) is 24.1 Å². The molecule has 0 radical (unpaired) electrons. The van der Waals surface area contributed by atoms with Crippen molar-refractivity contribution < 1.29 is 17.9 Å². The van der Waals surface area contributed by atoms with Crippen molar-refractivity contribution in [3.05, 3.63) is 35.4 Å². The molecule has 1 aromatic rings. The summed E-state index contributed by atoms with van der Waals surface area (Å²) in [7, 11) is 0. The molecule has 0 aliphatic carbocycles. The predicted molar refractivity (Wildman–Crippen MR) is 112 cm³/mol. The fraction of sp³-hybridized carbons (Fsp3) is 0.739. The summed E-state index contributed by atoms with van der Waals surface area (Å²) in [6, 6.07) is 5.91. The lowest BCUT2D eigenvalue weighted by Gasteiger charge is -2.46. The van der Waals surface area contributed by atoms with Crippen molar-refractivity contribution in [3.63, 3.8) is 0 Å². The smallest absolute Gasteiger partial charge is 0.376 e. The number of benzene rings is 1. The first-order valence-electron chi connectivity index (χ1n) is 10.9. The third-order valence-electron chi connectivity index (χ3n) is 6.14. The van der Waals surface area contributed by atoms with Crippen LogP contribution in [0.1, 0.15) is 64.5 Å². The van der Waals surface area contributed by atoms with Gasteiger partial charge in [-0.1, -0.05) is 32.0 Å². The average Bonchev–Trinajstić information content (AvgIpc) is 2.66. The van der Waals surface area contributed by atoms with Gasteiger partial charge in [-0.15, -0.1) is 0 Å². The van der Waals surface area contributed by atoms with Crippen LogP contribution in [0.2, 0.25) is 0 Å². The van der Waals surface area contributed by atoms with Crippen LogP contribution >= 0.6 is 0 Å². The minimum atomic E-state index is -4.32. The molecule has 1 unspecified atom stereocenters. The highest BCUT2D eigenvalue weighted by atomic mass is 19.4. The summed E-state index contributed by atoms with van der Waals surface area (Å²) >= 11 is 0. The van der Waals surface area contributed by atoms with Gasteiger partial charge >= 0.3 is 6.18 Å². The van der Waals surface area contributed by atoms with E-state index in [-0.39, 0.29) is 11.0 Å². The van der Waals surface area contributed by atoms with E-state index in [1.165, 1.54) is 6.07 Å². The van der Waals surface area contributed by atoms with Gasteiger partial charge in [-0.2, -0.15) is 13.2 Å². The standard InChI is InChI=1S/C23H37F3N2O/c1-5-28(6-2)15-8-13-27-14-11-22(12-16-29-21(3,4)18-22)19-9-7-10-20(17-19)23(24,25)26/h7,9-10,17,27H,5-6,8,11-16,18H2,1-4H3. The Morgan fingerprint density at radius 2 is 1.86 bits per heavy atom. The molecule has 0 bridgehead atoms. The minimum Gasteiger partial charge on any atom is -0.376 e. The fourth-order valence-corrected chi connectivity index (χ4v) is 4.53. The van der Waals surface area contributed by atoms with Crippen molar-refractivity contribution >= 4 is 0 Å². The Morgan fingerprint density at radius 3 is 2.48 bits per heavy atom. The van der Waals surface area contributed by atoms with Gasteiger partial charge in [0.25, 0.3) is 0 Å². The average molecular weight is 415 g/mol. The quantitative estimate of drug-likeness (QED) is 0.530. The van der Waals surface area contributed by atoms with Crippen LogP contribution in [-0.2, 0) is 16.3 Å². The first-order valence-corrected chi connectivity index (χ1v) is 10.9. The van der Waals surface area contributed by atoms with Crippen LogP contribution in [0.5, 0.6) is 0 Å². The van der Waals surface area contributed by atoms with Gasteiger partial charge in [-0.05, 0) is 83.9 Å². The topological polar surface area (TPSA) is 24.5 Å². The number of ether oxygens (including phenoxy) is 1. The van der Waals surface area contributed by atoms with Crippen molar-refractivity contribution in [1.29, 1.82) is 0 Å². The van der Waals surface area contributed by atoms with Gasteiger partial charge in [0.05, 0.1) is 11.2 Å². The van der Waals surface area contributed by atoms with E-state index in [0.717, 1.165) is 70.0 Å². The maximum absolute atomic E-state index is 13.3. The number of nitrogens with zero attached hydrogens (tertiary/aromatic N) is 1. The summed E-state index contributed by atoms with van der Waals surface area (Å²) in [6.07, 6.45) is -0.957. The largest absolute Gasteiger partial charge is 0.416 e. The van der Waals surface area contributed by atoms with E-state index in [9.17, 15) is 13.2 Å². The van der Waals surface area contributed by atoms with Gasteiger partial charge in [0.1, 0.15) is 0 Å². The fourth-order valence-electron chi connectivity index (χ4n) is 4.53. The molecule has 1 aliphatic heterocycles. The molecule has 3 nitrogen and oxygen atoms in total. The molecular formula is C23H37F3N2O.